The van der Waals surface area contributed by atoms with Gasteiger partial charge in [0.15, 0.2) is 0 Å². The van der Waals surface area contributed by atoms with Crippen LogP contribution in [0.3, 0.4) is 0 Å². The van der Waals surface area contributed by atoms with Crippen molar-refractivity contribution in [1.82, 2.24) is 9.36 Å². The topological polar surface area (TPSA) is 37.8 Å². The Morgan fingerprint density at radius 3 is 2.67 bits per heavy atom. The van der Waals surface area contributed by atoms with Gasteiger partial charge in [-0.1, -0.05) is 0 Å². The van der Waals surface area contributed by atoms with Crippen LogP contribution in [-0.2, 0) is 0 Å². The molecule has 0 aromatic carbocycles. The average Bonchev–Trinajstić information content (AvgIpc) is 3.00. The summed E-state index contributed by atoms with van der Waals surface area (Å²) in [6.07, 6.45) is 2.44. The first-order valence-corrected chi connectivity index (χ1v) is 6.75. The predicted molar refractivity (Wildman–Crippen MR) is 65.4 cm³/mol. The van der Waals surface area contributed by atoms with E-state index >= 15 is 0 Å². The van der Waals surface area contributed by atoms with Gasteiger partial charge in [0.2, 0.25) is 5.13 Å². The molecule has 15 heavy (non-hydrogen) atoms. The molecule has 3 nitrogen and oxygen atoms in total. The highest BCUT2D eigenvalue weighted by atomic mass is 35.5. The van der Waals surface area contributed by atoms with Crippen molar-refractivity contribution in [3.8, 4) is 0 Å². The lowest BCUT2D eigenvalue weighted by atomic mass is 10.1. The molecular weight excluding hydrogens is 253 g/mol. The molecule has 6 heteroatoms. The van der Waals surface area contributed by atoms with E-state index in [0.717, 1.165) is 11.0 Å². The zero-order valence-corrected chi connectivity index (χ0v) is 10.8. The van der Waals surface area contributed by atoms with Crippen LogP contribution in [0.15, 0.2) is 0 Å². The van der Waals surface area contributed by atoms with Gasteiger partial charge in [0, 0.05) is 29.2 Å². The first kappa shape index (κ1) is 11.4. The van der Waals surface area contributed by atoms with Crippen LogP contribution in [0.5, 0.6) is 0 Å². The van der Waals surface area contributed by atoms with Crippen molar-refractivity contribution in [1.29, 1.82) is 0 Å². The summed E-state index contributed by atoms with van der Waals surface area (Å²) in [6, 6.07) is 0. The molecule has 0 radical (unpaired) electrons. The maximum Gasteiger partial charge on any atom is 0.203 e. The largest absolute Gasteiger partial charge is 0.353 e. The van der Waals surface area contributed by atoms with Gasteiger partial charge in [-0.25, -0.2) is 4.98 Å². The van der Waals surface area contributed by atoms with Gasteiger partial charge in [-0.2, -0.15) is 4.37 Å². The van der Waals surface area contributed by atoms with Crippen molar-refractivity contribution < 1.29 is 0 Å². The fourth-order valence-electron chi connectivity index (χ4n) is 1.15. The highest BCUT2D eigenvalue weighted by molar-refractivity contribution is 7.09. The smallest absolute Gasteiger partial charge is 0.203 e. The molecule has 0 saturated heterocycles. The van der Waals surface area contributed by atoms with Gasteiger partial charge < -0.3 is 5.32 Å². The van der Waals surface area contributed by atoms with Crippen molar-refractivity contribution in [3.63, 3.8) is 0 Å². The molecule has 1 aromatic rings. The van der Waals surface area contributed by atoms with Crippen LogP contribution in [-0.4, -0.2) is 26.7 Å². The summed E-state index contributed by atoms with van der Waals surface area (Å²) in [7, 11) is 0. The lowest BCUT2D eigenvalue weighted by molar-refractivity contribution is 0.647. The Morgan fingerprint density at radius 2 is 2.13 bits per heavy atom. The quantitative estimate of drug-likeness (QED) is 0.832. The molecule has 2 rings (SSSR count). The zero-order valence-electron chi connectivity index (χ0n) is 8.46. The molecule has 0 amide bonds. The summed E-state index contributed by atoms with van der Waals surface area (Å²) >= 11 is 13.1. The molecule has 1 N–H and O–H groups in total. The van der Waals surface area contributed by atoms with Gasteiger partial charge in [0.1, 0.15) is 5.82 Å². The molecule has 1 aromatic heterocycles. The number of hydrogen-bond acceptors (Lipinski definition) is 4. The Labute approximate surface area is 103 Å². The molecule has 0 aliphatic heterocycles. The highest BCUT2D eigenvalue weighted by Crippen LogP contribution is 2.39. The number of hydrogen-bond donors (Lipinski definition) is 1. The molecule has 1 saturated carbocycles. The Bertz CT molecular complexity index is 334. The van der Waals surface area contributed by atoms with Gasteiger partial charge in [0.05, 0.1) is 5.54 Å². The molecule has 1 aliphatic carbocycles. The molecule has 0 unspecified atom stereocenters. The maximum absolute atomic E-state index is 5.85. The second kappa shape index (κ2) is 4.44. The second-order valence-electron chi connectivity index (χ2n) is 4.18. The van der Waals surface area contributed by atoms with Crippen LogP contribution in [0.1, 0.15) is 31.5 Å². The zero-order chi connectivity index (χ0) is 10.9. The molecule has 0 bridgehead atoms. The Kier molecular flexibility index (Phi) is 3.38. The van der Waals surface area contributed by atoms with Gasteiger partial charge in [0.25, 0.3) is 0 Å². The van der Waals surface area contributed by atoms with Gasteiger partial charge >= 0.3 is 0 Å². The lowest BCUT2D eigenvalue weighted by Crippen LogP contribution is -2.38. The fourth-order valence-corrected chi connectivity index (χ4v) is 2.37. The maximum atomic E-state index is 5.85. The first-order chi connectivity index (χ1) is 7.17. The third-order valence-corrected chi connectivity index (χ3v) is 4.21. The van der Waals surface area contributed by atoms with Crippen LogP contribution in [0, 0.1) is 0 Å². The summed E-state index contributed by atoms with van der Waals surface area (Å²) in [5.74, 6) is 2.47. The standard InChI is InChI=1S/C9H13Cl2N3S/c1-9(4-10,5-11)13-8-12-7(14-15-8)6-2-3-6/h6H,2-5H2,1H3,(H,12,13,14). The number of aromatic nitrogens is 2. The number of halogens is 2. The van der Waals surface area contributed by atoms with E-state index in [9.17, 15) is 0 Å². The van der Waals surface area contributed by atoms with Gasteiger partial charge in [-0.3, -0.25) is 0 Å². The number of alkyl halides is 2. The molecule has 0 spiro atoms. The molecule has 1 aliphatic rings. The Hall–Kier alpha value is -0.0600. The third kappa shape index (κ3) is 2.74. The van der Waals surface area contributed by atoms with Crippen LogP contribution in [0.2, 0.25) is 0 Å². The third-order valence-electron chi connectivity index (χ3n) is 2.38. The number of rotatable bonds is 5. The number of anilines is 1. The van der Waals surface area contributed by atoms with Crippen molar-refractivity contribution in [2.45, 2.75) is 31.2 Å². The Balaban J connectivity index is 2.02. The normalized spacial score (nSPS) is 16.7. The van der Waals surface area contributed by atoms with Crippen LogP contribution >= 0.6 is 34.7 Å². The molecular formula is C9H13Cl2N3S. The Morgan fingerprint density at radius 1 is 1.47 bits per heavy atom. The van der Waals surface area contributed by atoms with E-state index in [1.807, 2.05) is 6.92 Å². The van der Waals surface area contributed by atoms with E-state index in [2.05, 4.69) is 14.7 Å². The van der Waals surface area contributed by atoms with Crippen molar-refractivity contribution in [2.24, 2.45) is 0 Å². The lowest BCUT2D eigenvalue weighted by Gasteiger charge is -2.24. The van der Waals surface area contributed by atoms with E-state index in [1.165, 1.54) is 24.4 Å². The van der Waals surface area contributed by atoms with E-state index < -0.39 is 0 Å². The minimum atomic E-state index is -0.302. The molecule has 1 heterocycles. The highest BCUT2D eigenvalue weighted by Gasteiger charge is 2.29. The minimum Gasteiger partial charge on any atom is -0.353 e. The van der Waals surface area contributed by atoms with E-state index in [0.29, 0.717) is 17.7 Å². The van der Waals surface area contributed by atoms with Crippen molar-refractivity contribution >= 4 is 39.9 Å². The number of nitrogens with one attached hydrogen (secondary N) is 1. The monoisotopic (exact) mass is 265 g/mol. The number of nitrogens with zero attached hydrogens (tertiary/aromatic N) is 2. The molecule has 84 valence electrons. The van der Waals surface area contributed by atoms with E-state index in [4.69, 9.17) is 23.2 Å². The SMILES string of the molecule is CC(CCl)(CCl)Nc1nc(C2CC2)ns1. The first-order valence-electron chi connectivity index (χ1n) is 4.90. The summed E-state index contributed by atoms with van der Waals surface area (Å²) in [5.41, 5.74) is -0.302. The van der Waals surface area contributed by atoms with Gasteiger partial charge in [-0.05, 0) is 19.8 Å². The summed E-state index contributed by atoms with van der Waals surface area (Å²) in [4.78, 5) is 4.43. The summed E-state index contributed by atoms with van der Waals surface area (Å²) in [5, 5.41) is 4.06. The van der Waals surface area contributed by atoms with Crippen molar-refractivity contribution in [2.75, 3.05) is 17.1 Å². The van der Waals surface area contributed by atoms with E-state index in [-0.39, 0.29) is 5.54 Å². The predicted octanol–water partition coefficient (Wildman–Crippen LogP) is 3.06. The van der Waals surface area contributed by atoms with Crippen LogP contribution < -0.4 is 5.32 Å². The molecule has 0 atom stereocenters. The fraction of sp³-hybridized carbons (Fsp3) is 0.778. The second-order valence-corrected chi connectivity index (χ2v) is 5.47. The molecule has 1 fully saturated rings. The van der Waals surface area contributed by atoms with Gasteiger partial charge in [-0.15, -0.1) is 23.2 Å². The average molecular weight is 266 g/mol. The van der Waals surface area contributed by atoms with Crippen molar-refractivity contribution in [3.05, 3.63) is 5.82 Å². The van der Waals surface area contributed by atoms with Crippen LogP contribution in [0.25, 0.3) is 0 Å². The minimum absolute atomic E-state index is 0.302. The summed E-state index contributed by atoms with van der Waals surface area (Å²) in [6.45, 7) is 1.98. The van der Waals surface area contributed by atoms with Crippen LogP contribution in [0.4, 0.5) is 5.13 Å². The summed E-state index contributed by atoms with van der Waals surface area (Å²) < 4.78 is 4.31. The van der Waals surface area contributed by atoms with E-state index in [1.54, 1.807) is 0 Å².